The first-order valence-electron chi connectivity index (χ1n) is 24.1. The van der Waals surface area contributed by atoms with Gasteiger partial charge in [-0.25, -0.2) is 84.7 Å². The van der Waals surface area contributed by atoms with Crippen LogP contribution in [0.1, 0.15) is 0 Å². The molecule has 0 saturated heterocycles. The lowest BCUT2D eigenvalue weighted by Crippen LogP contribution is -1.83. The highest BCUT2D eigenvalue weighted by atomic mass is 32.2. The van der Waals surface area contributed by atoms with Crippen LogP contribution in [0.25, 0.3) is 171 Å². The number of hydrogen-bond acceptors (Lipinski definition) is 34. The summed E-state index contributed by atoms with van der Waals surface area (Å²) < 4.78 is 0. The van der Waals surface area contributed by atoms with Gasteiger partial charge in [0.05, 0.1) is 5.51 Å². The minimum Gasteiger partial charge on any atom is -0.243 e. The normalized spacial score (nSPS) is 11.8. The van der Waals surface area contributed by atoms with E-state index in [1.807, 2.05) is 97.0 Å². The Bertz CT molecular complexity index is 4850. The first kappa shape index (κ1) is 53.0. The fraction of sp³-hybridized carbons (Fsp3) is 0. The number of thiazole rings is 17. The van der Waals surface area contributed by atoms with E-state index in [4.69, 9.17) is 74.8 Å². The number of nitrogens with zero attached hydrogens (tertiary/aromatic N) is 17. The molecule has 34 heteroatoms. The van der Waals surface area contributed by atoms with Gasteiger partial charge in [-0.15, -0.1) is 193 Å². The molecule has 17 heterocycles. The molecule has 17 nitrogen and oxygen atoms in total. The molecule has 0 bridgehead atoms. The van der Waals surface area contributed by atoms with Crippen molar-refractivity contribution >= 4 is 193 Å². The average molecular weight is 1410 g/mol. The smallest absolute Gasteiger partial charge is 0.143 e. The zero-order valence-electron chi connectivity index (χ0n) is 41.5. The standard InChI is InChI=1S/C51H19N17S17/c1-2-70-36(52-1)21-4-72-38(54-21)23-6-74-40(56-23)25-8-76-42(58-25)27-10-78-44(60-27)29-12-80-46(62-29)31-14-82-48(64-31)33-16-84-50(66-33)35-18-85-51(68-35)34-17-83-49(67-34)32-15-81-47(65-32)30-13-79-45(63-30)28-11-77-43(61-28)26-9-75-41(59-26)24-7-73-39(57-24)22-5-71-37(55-22)20-3-69-19-53-20/h1-19H. The molecule has 0 fully saturated rings. The second-order valence-electron chi connectivity index (χ2n) is 17.3. The van der Waals surface area contributed by atoms with Gasteiger partial charge in [-0.3, -0.25) is 0 Å². The van der Waals surface area contributed by atoms with Crippen molar-refractivity contribution in [1.29, 1.82) is 0 Å². The molecule has 0 aliphatic rings. The highest BCUT2D eigenvalue weighted by Crippen LogP contribution is 2.43. The molecule has 410 valence electrons. The van der Waals surface area contributed by atoms with Crippen LogP contribution in [-0.4, -0.2) is 84.7 Å². The number of rotatable bonds is 16. The van der Waals surface area contributed by atoms with Gasteiger partial charge in [-0.05, 0) is 0 Å². The maximum atomic E-state index is 4.97. The average Bonchev–Trinajstić information content (AvgIpc) is 4.55. The molecule has 0 radical (unpaired) electrons. The van der Waals surface area contributed by atoms with Gasteiger partial charge in [0.1, 0.15) is 171 Å². The summed E-state index contributed by atoms with van der Waals surface area (Å²) in [5.41, 5.74) is 15.0. The van der Waals surface area contributed by atoms with Crippen LogP contribution in [-0.2, 0) is 0 Å². The van der Waals surface area contributed by atoms with Crippen LogP contribution in [0.2, 0.25) is 0 Å². The monoisotopic (exact) mass is 1410 g/mol. The van der Waals surface area contributed by atoms with Crippen molar-refractivity contribution in [3.63, 3.8) is 0 Å². The predicted molar refractivity (Wildman–Crippen MR) is 360 cm³/mol. The van der Waals surface area contributed by atoms with Crippen LogP contribution < -0.4 is 0 Å². The molecule has 0 N–H and O–H groups in total. The third-order valence-corrected chi connectivity index (χ3v) is 26.3. The molecule has 0 saturated carbocycles. The summed E-state index contributed by atoms with van der Waals surface area (Å²) in [6.07, 6.45) is 1.79. The quantitative estimate of drug-likeness (QED) is 0.0878. The van der Waals surface area contributed by atoms with Crippen molar-refractivity contribution < 1.29 is 0 Å². The predicted octanol–water partition coefficient (Wildman–Crippen LogP) is 19.1. The van der Waals surface area contributed by atoms with Crippen molar-refractivity contribution in [2.24, 2.45) is 0 Å². The summed E-state index contributed by atoms with van der Waals surface area (Å²) in [6, 6.07) is 0. The maximum Gasteiger partial charge on any atom is 0.143 e. The molecule has 0 atom stereocenters. The molecule has 0 unspecified atom stereocenters. The van der Waals surface area contributed by atoms with E-state index in [2.05, 4.69) is 9.97 Å². The van der Waals surface area contributed by atoms with Gasteiger partial charge in [0.25, 0.3) is 0 Å². The van der Waals surface area contributed by atoms with Gasteiger partial charge in [0, 0.05) is 97.7 Å². The van der Waals surface area contributed by atoms with E-state index >= 15 is 0 Å². The third kappa shape index (κ3) is 10.4. The van der Waals surface area contributed by atoms with E-state index in [-0.39, 0.29) is 0 Å². The fourth-order valence-electron chi connectivity index (χ4n) is 8.01. The molecule has 0 spiro atoms. The lowest BCUT2D eigenvalue weighted by molar-refractivity contribution is 1.28. The Labute approximate surface area is 545 Å². The first-order valence-corrected chi connectivity index (χ1v) is 39.1. The molecular formula is C51H19N17S17. The van der Waals surface area contributed by atoms with E-state index < -0.39 is 0 Å². The van der Waals surface area contributed by atoms with Crippen LogP contribution in [0.5, 0.6) is 0 Å². The first-order chi connectivity index (χ1) is 42.0. The van der Waals surface area contributed by atoms with E-state index in [9.17, 15) is 0 Å². The molecular weight excluding hydrogens is 1400 g/mol. The maximum absolute atomic E-state index is 4.97. The van der Waals surface area contributed by atoms with Gasteiger partial charge in [-0.1, -0.05) is 0 Å². The molecule has 17 aromatic rings. The van der Waals surface area contributed by atoms with Gasteiger partial charge in [0.2, 0.25) is 0 Å². The summed E-state index contributed by atoms with van der Waals surface area (Å²) >= 11 is 26.4. The van der Waals surface area contributed by atoms with Crippen LogP contribution in [0.15, 0.2) is 103 Å². The second kappa shape index (κ2) is 22.5. The highest BCUT2D eigenvalue weighted by Gasteiger charge is 2.23. The molecule has 0 amide bonds. The number of hydrogen-bond donors (Lipinski definition) is 0. The number of aromatic nitrogens is 17. The van der Waals surface area contributed by atoms with Crippen molar-refractivity contribution in [3.05, 3.63) is 103 Å². The third-order valence-electron chi connectivity index (χ3n) is 11.9. The second-order valence-corrected chi connectivity index (χ2v) is 31.8. The van der Waals surface area contributed by atoms with Crippen molar-refractivity contribution in [2.75, 3.05) is 0 Å². The highest BCUT2D eigenvalue weighted by molar-refractivity contribution is 7.21. The SMILES string of the molecule is c1csc(-c2csc(-c3csc(-c4csc(-c5csc(-c6csc(-c7csc(-c8csc(-c9csc(-c%10csc(-c%11csc(-c%12csc(-c%13csc(-c%14csc(-c%15csc(-c%16csc(-c%17cscn%17)n%16)n%15)n%14)n%13)n%12)n%11)n%10)n9)n8)n7)n6)n5)n4)n3)n2)n1. The summed E-state index contributed by atoms with van der Waals surface area (Å²) in [5.74, 6) is 0. The summed E-state index contributed by atoms with van der Waals surface area (Å²) in [6.45, 7) is 0. The molecule has 0 aliphatic carbocycles. The summed E-state index contributed by atoms with van der Waals surface area (Å²) in [4.78, 5) is 82.5. The Kier molecular flexibility index (Phi) is 14.0. The molecule has 85 heavy (non-hydrogen) atoms. The Morgan fingerprint density at radius 1 is 0.165 bits per heavy atom. The zero-order chi connectivity index (χ0) is 56.0. The van der Waals surface area contributed by atoms with Crippen molar-refractivity contribution in [3.8, 4) is 171 Å². The van der Waals surface area contributed by atoms with Gasteiger partial charge in [-0.2, -0.15) is 0 Å². The van der Waals surface area contributed by atoms with Gasteiger partial charge >= 0.3 is 0 Å². The Morgan fingerprint density at radius 3 is 0.494 bits per heavy atom. The van der Waals surface area contributed by atoms with Gasteiger partial charge in [0.15, 0.2) is 0 Å². The largest absolute Gasteiger partial charge is 0.243 e. The minimum atomic E-state index is 0.799. The van der Waals surface area contributed by atoms with Crippen molar-refractivity contribution in [2.45, 2.75) is 0 Å². The van der Waals surface area contributed by atoms with Crippen LogP contribution >= 0.6 is 193 Å². The Hall–Kier alpha value is -6.29. The summed E-state index contributed by atoms with van der Waals surface area (Å²) in [5, 5.41) is 47.8. The lowest BCUT2D eigenvalue weighted by Gasteiger charge is -1.91. The van der Waals surface area contributed by atoms with Crippen LogP contribution in [0.3, 0.4) is 0 Å². The lowest BCUT2D eigenvalue weighted by atomic mass is 10.4. The summed E-state index contributed by atoms with van der Waals surface area (Å²) in [7, 11) is 0. The van der Waals surface area contributed by atoms with Crippen LogP contribution in [0.4, 0.5) is 0 Å². The molecule has 0 aromatic carbocycles. The van der Waals surface area contributed by atoms with E-state index in [1.165, 1.54) is 0 Å². The fourth-order valence-corrected chi connectivity index (χ4v) is 21.8. The topological polar surface area (TPSA) is 219 Å². The van der Waals surface area contributed by atoms with Gasteiger partial charge < -0.3 is 0 Å². The van der Waals surface area contributed by atoms with Crippen LogP contribution in [0, 0.1) is 0 Å². The molecule has 0 aliphatic heterocycles. The molecule has 17 rings (SSSR count). The minimum absolute atomic E-state index is 0.799. The van der Waals surface area contributed by atoms with Crippen molar-refractivity contribution in [1.82, 2.24) is 84.7 Å². The Balaban J connectivity index is 0.520. The van der Waals surface area contributed by atoms with E-state index in [1.54, 1.807) is 199 Å². The Morgan fingerprint density at radius 2 is 0.341 bits per heavy atom. The molecule has 17 aromatic heterocycles. The van der Waals surface area contributed by atoms with E-state index in [0.717, 1.165) is 171 Å². The van der Waals surface area contributed by atoms with E-state index in [0.29, 0.717) is 0 Å². The zero-order valence-corrected chi connectivity index (χ0v) is 55.4.